The van der Waals surface area contributed by atoms with E-state index >= 15 is 0 Å². The first-order valence-corrected chi connectivity index (χ1v) is 25.9. The summed E-state index contributed by atoms with van der Waals surface area (Å²) in [5, 5.41) is 5.08. The van der Waals surface area contributed by atoms with Gasteiger partial charge >= 0.3 is 0 Å². The van der Waals surface area contributed by atoms with Gasteiger partial charge in [-0.3, -0.25) is 0 Å². The first-order valence-electron chi connectivity index (χ1n) is 22.1. The maximum absolute atomic E-state index is 7.51. The van der Waals surface area contributed by atoms with E-state index in [4.69, 9.17) is 18.3 Å². The minimum absolute atomic E-state index is 0.0755. The van der Waals surface area contributed by atoms with Gasteiger partial charge < -0.3 is 18.3 Å². The van der Waals surface area contributed by atoms with Gasteiger partial charge in [-0.2, -0.15) is 0 Å². The molecule has 0 fully saturated rings. The summed E-state index contributed by atoms with van der Waals surface area (Å²) < 4.78 is 27.6. The first kappa shape index (κ1) is 46.6. The Morgan fingerprint density at radius 3 is 0.967 bits per heavy atom. The van der Waals surface area contributed by atoms with Crippen LogP contribution in [-0.2, 0) is 8.85 Å². The van der Waals surface area contributed by atoms with Crippen LogP contribution in [0, 0.1) is 0 Å². The molecule has 0 spiro atoms. The Morgan fingerprint density at radius 2 is 0.717 bits per heavy atom. The van der Waals surface area contributed by atoms with Crippen LogP contribution >= 0.6 is 0 Å². The minimum Gasteiger partial charge on any atom is -0.494 e. The van der Waals surface area contributed by atoms with Crippen LogP contribution in [0.15, 0.2) is 171 Å². The third-order valence-electron chi connectivity index (χ3n) is 11.6. The monoisotopic (exact) mass is 838 g/mol. The van der Waals surface area contributed by atoms with Gasteiger partial charge in [0.25, 0.3) is 16.6 Å². The van der Waals surface area contributed by atoms with Gasteiger partial charge in [-0.1, -0.05) is 175 Å². The number of ether oxygens (including phenoxy) is 2. The van der Waals surface area contributed by atoms with E-state index in [1.807, 2.05) is 36.4 Å². The molecule has 6 heteroatoms. The van der Waals surface area contributed by atoms with E-state index in [0.717, 1.165) is 62.9 Å². The summed E-state index contributed by atoms with van der Waals surface area (Å²) in [5.74, 6) is 1.70. The van der Waals surface area contributed by atoms with Crippen LogP contribution in [0.1, 0.15) is 92.9 Å². The van der Waals surface area contributed by atoms with Crippen molar-refractivity contribution in [1.82, 2.24) is 0 Å². The molecule has 0 heterocycles. The molecule has 0 aromatic heterocycles. The summed E-state index contributed by atoms with van der Waals surface area (Å²) in [5.41, 5.74) is 0. The number of hydrogen-bond donors (Lipinski definition) is 0. The largest absolute Gasteiger partial charge is 0.494 e. The zero-order chi connectivity index (χ0) is 42.9. The van der Waals surface area contributed by atoms with Crippen LogP contribution in [0.3, 0.4) is 0 Å². The average molecular weight is 839 g/mol. The lowest BCUT2D eigenvalue weighted by Crippen LogP contribution is -2.67. The van der Waals surface area contributed by atoms with Crippen molar-refractivity contribution in [3.8, 4) is 11.5 Å². The molecular formula is C54H70O4Si2. The van der Waals surface area contributed by atoms with Crippen LogP contribution in [0.5, 0.6) is 11.5 Å². The molecule has 0 aliphatic carbocycles. The van der Waals surface area contributed by atoms with Crippen LogP contribution in [-0.4, -0.2) is 42.1 Å². The molecule has 4 nitrogen and oxygen atoms in total. The topological polar surface area (TPSA) is 36.9 Å². The molecule has 60 heavy (non-hydrogen) atoms. The zero-order valence-electron chi connectivity index (χ0n) is 37.3. The lowest BCUT2D eigenvalue weighted by Gasteiger charge is -2.45. The third kappa shape index (κ3) is 11.9. The molecule has 5 aromatic rings. The van der Waals surface area contributed by atoms with Crippen molar-refractivity contribution < 1.29 is 18.3 Å². The molecule has 0 radical (unpaired) electrons. The van der Waals surface area contributed by atoms with Gasteiger partial charge in [0.2, 0.25) is 0 Å². The van der Waals surface area contributed by atoms with Crippen molar-refractivity contribution in [1.29, 1.82) is 0 Å². The molecule has 0 unspecified atom stereocenters. The summed E-state index contributed by atoms with van der Waals surface area (Å²) in [6.45, 7) is 23.3. The Morgan fingerprint density at radius 1 is 0.433 bits per heavy atom. The third-order valence-corrected chi connectivity index (χ3v) is 21.8. The molecule has 0 N–H and O–H groups in total. The highest BCUT2D eigenvalue weighted by Gasteiger charge is 2.52. The Kier molecular flexibility index (Phi) is 17.4. The second-order valence-electron chi connectivity index (χ2n) is 18.0. The molecule has 0 aliphatic rings. The second-order valence-corrected chi connectivity index (χ2v) is 26.5. The molecule has 5 aromatic carbocycles. The second kappa shape index (κ2) is 22.4. The molecule has 0 amide bonds. The van der Waals surface area contributed by atoms with E-state index in [1.54, 1.807) is 0 Å². The molecule has 0 saturated carbocycles. The summed E-state index contributed by atoms with van der Waals surface area (Å²) in [6, 6.07) is 51.7. The van der Waals surface area contributed by atoms with E-state index < -0.39 is 16.6 Å². The van der Waals surface area contributed by atoms with Crippen molar-refractivity contribution >= 4 is 37.4 Å². The van der Waals surface area contributed by atoms with E-state index in [9.17, 15) is 0 Å². The maximum atomic E-state index is 7.51. The molecule has 0 saturated heterocycles. The highest BCUT2D eigenvalue weighted by Crippen LogP contribution is 2.40. The number of hydrogen-bond acceptors (Lipinski definition) is 4. The SMILES string of the molecule is C=CCC[C@H](CCCOc1ccc(OCCC[C@@H](CCC=C)O[Si](c2ccccc2)(c2ccccc2)C(C)(C)C)cc1)O[Si](c1ccccc1)(c1ccccc1)C(C)(C)C. The van der Waals surface area contributed by atoms with Crippen molar-refractivity contribution in [3.63, 3.8) is 0 Å². The van der Waals surface area contributed by atoms with Crippen LogP contribution in [0.4, 0.5) is 0 Å². The standard InChI is InChI=1S/C54H70O4Si2/c1-9-11-27-47(57-59(53(3,4)5,49-31-17-13-18-32-49)50-33-19-14-20-34-50)29-25-43-55-45-39-41-46(42-40-45)56-44-26-30-48(28-12-10-2)58-60(54(6,7)8,51-35-21-15-22-36-51)52-37-23-16-24-38-52/h9-10,13-24,31-42,47-48H,1-2,11-12,25-30,43-44H2,3-8H3/t47-,48-/m1/s1. The molecular weight excluding hydrogens is 769 g/mol. The quantitative estimate of drug-likeness (QED) is 0.0352. The van der Waals surface area contributed by atoms with E-state index in [-0.39, 0.29) is 22.3 Å². The van der Waals surface area contributed by atoms with Gasteiger partial charge in [0.1, 0.15) is 11.5 Å². The lowest BCUT2D eigenvalue weighted by atomic mass is 10.1. The summed E-state index contributed by atoms with van der Waals surface area (Å²) in [4.78, 5) is 0. The van der Waals surface area contributed by atoms with Crippen LogP contribution < -0.4 is 30.2 Å². The number of allylic oxidation sites excluding steroid dienone is 2. The number of rotatable bonds is 24. The first-order chi connectivity index (χ1) is 28.9. The Labute approximate surface area is 365 Å². The fraction of sp³-hybridized carbons (Fsp3) is 0.370. The van der Waals surface area contributed by atoms with Gasteiger partial charge in [0.15, 0.2) is 0 Å². The Balaban J connectivity index is 1.18. The van der Waals surface area contributed by atoms with Crippen molar-refractivity contribution in [2.45, 2.75) is 115 Å². The summed E-state index contributed by atoms with van der Waals surface area (Å²) in [6.07, 6.45) is 11.5. The summed E-state index contributed by atoms with van der Waals surface area (Å²) in [7, 11) is -5.33. The predicted molar refractivity (Wildman–Crippen MR) is 260 cm³/mol. The van der Waals surface area contributed by atoms with Gasteiger partial charge in [0, 0.05) is 12.2 Å². The Bertz CT molecular complexity index is 1750. The normalized spacial score (nSPS) is 13.3. The van der Waals surface area contributed by atoms with E-state index in [0.29, 0.717) is 13.2 Å². The zero-order valence-corrected chi connectivity index (χ0v) is 39.3. The Hall–Kier alpha value is -4.47. The molecule has 0 bridgehead atoms. The van der Waals surface area contributed by atoms with Gasteiger partial charge in [-0.15, -0.1) is 13.2 Å². The average Bonchev–Trinajstić information content (AvgIpc) is 3.26. The van der Waals surface area contributed by atoms with Gasteiger partial charge in [0.05, 0.1) is 13.2 Å². The molecule has 5 rings (SSSR count). The fourth-order valence-electron chi connectivity index (χ4n) is 8.65. The summed E-state index contributed by atoms with van der Waals surface area (Å²) >= 11 is 0. The smallest absolute Gasteiger partial charge is 0.261 e. The van der Waals surface area contributed by atoms with Crippen molar-refractivity contribution in [2.24, 2.45) is 0 Å². The van der Waals surface area contributed by atoms with Crippen LogP contribution in [0.2, 0.25) is 10.1 Å². The number of benzene rings is 5. The van der Waals surface area contributed by atoms with Crippen LogP contribution in [0.25, 0.3) is 0 Å². The highest BCUT2D eigenvalue weighted by molar-refractivity contribution is 7.00. The minimum atomic E-state index is -2.66. The van der Waals surface area contributed by atoms with E-state index in [1.165, 1.54) is 20.7 Å². The van der Waals surface area contributed by atoms with Crippen molar-refractivity contribution in [2.75, 3.05) is 13.2 Å². The maximum Gasteiger partial charge on any atom is 0.261 e. The fourth-order valence-corrected chi connectivity index (χ4v) is 18.1. The molecule has 2 atom stereocenters. The molecule has 0 aliphatic heterocycles. The molecule has 318 valence electrons. The predicted octanol–water partition coefficient (Wildman–Crippen LogP) is 11.8. The van der Waals surface area contributed by atoms with Gasteiger partial charge in [-0.25, -0.2) is 0 Å². The highest BCUT2D eigenvalue weighted by atomic mass is 28.4. The lowest BCUT2D eigenvalue weighted by molar-refractivity contribution is 0.156. The van der Waals surface area contributed by atoms with E-state index in [2.05, 4.69) is 176 Å². The van der Waals surface area contributed by atoms with Gasteiger partial charge in [-0.05, 0) is 106 Å². The van der Waals surface area contributed by atoms with Crippen molar-refractivity contribution in [3.05, 3.63) is 171 Å².